The molecule has 0 radical (unpaired) electrons. The van der Waals surface area contributed by atoms with Crippen LogP contribution in [0, 0.1) is 0 Å². The number of ether oxygens (including phenoxy) is 2. The number of hydrogen-bond acceptors (Lipinski definition) is 6. The van der Waals surface area contributed by atoms with E-state index < -0.39 is 51.0 Å². The summed E-state index contributed by atoms with van der Waals surface area (Å²) < 4.78 is 35.0. The van der Waals surface area contributed by atoms with Gasteiger partial charge >= 0.3 is 5.97 Å². The van der Waals surface area contributed by atoms with Gasteiger partial charge in [0, 0.05) is 26.8 Å². The number of rotatable bonds is 8. The largest absolute Gasteiger partial charge is 0.469 e. The molecule has 7 nitrogen and oxygen atoms in total. The molecule has 2 aromatic rings. The van der Waals surface area contributed by atoms with Gasteiger partial charge in [0.15, 0.2) is 0 Å². The van der Waals surface area contributed by atoms with E-state index in [0.29, 0.717) is 27.6 Å². The number of morpholine rings is 1. The van der Waals surface area contributed by atoms with Crippen LogP contribution in [0.1, 0.15) is 43.0 Å². The zero-order valence-electron chi connectivity index (χ0n) is 18.5. The minimum atomic E-state index is -3.95. The second-order valence-corrected chi connectivity index (χ2v) is 11.6. The minimum Gasteiger partial charge on any atom is -0.469 e. The average molecular weight is 549 g/mol. The van der Waals surface area contributed by atoms with Gasteiger partial charge in [-0.25, -0.2) is 8.42 Å². The van der Waals surface area contributed by atoms with Crippen LogP contribution in [0.5, 0.6) is 0 Å². The lowest BCUT2D eigenvalue weighted by molar-refractivity contribution is -0.183. The van der Waals surface area contributed by atoms with Crippen LogP contribution in [-0.2, 0) is 28.1 Å². The molecule has 34 heavy (non-hydrogen) atoms. The Morgan fingerprint density at radius 1 is 1.12 bits per heavy atom. The van der Waals surface area contributed by atoms with Crippen molar-refractivity contribution in [1.29, 1.82) is 0 Å². The third-order valence-corrected chi connectivity index (χ3v) is 7.30. The lowest BCUT2D eigenvalue weighted by Gasteiger charge is -2.47. The number of methoxy groups -OCH3 is 1. The molecule has 0 aliphatic carbocycles. The summed E-state index contributed by atoms with van der Waals surface area (Å²) in [7, 11) is 2.86. The maximum Gasteiger partial charge on any atom is 0.308 e. The van der Waals surface area contributed by atoms with Crippen molar-refractivity contribution in [2.75, 3.05) is 12.9 Å². The monoisotopic (exact) mass is 547 g/mol. The fraction of sp³-hybridized carbons (Fsp3) is 0.391. The molecular weight excluding hydrogens is 525 g/mol. The summed E-state index contributed by atoms with van der Waals surface area (Å²) in [6.45, 7) is 1.76. The fourth-order valence-electron chi connectivity index (χ4n) is 4.10. The van der Waals surface area contributed by atoms with Gasteiger partial charge in [0.2, 0.25) is 9.05 Å². The Bertz CT molecular complexity index is 1140. The molecule has 4 atom stereocenters. The van der Waals surface area contributed by atoms with Crippen molar-refractivity contribution in [1.82, 2.24) is 4.90 Å². The molecule has 184 valence electrons. The molecule has 0 bridgehead atoms. The maximum atomic E-state index is 13.7. The van der Waals surface area contributed by atoms with Gasteiger partial charge in [0.25, 0.3) is 5.91 Å². The molecule has 1 saturated heterocycles. The van der Waals surface area contributed by atoms with Crippen LogP contribution in [0.3, 0.4) is 0 Å². The standard InChI is InChI=1S/C23H24Cl3NO6S/c1-3-18(13-34(26,30)31)27-21(14-7-9-16(24)10-8-14)22(15-5-4-6-17(25)11-15)33-19(23(27)29)12-20(28)32-2/h4-11,18-19,21-22H,3,12-13H2,1-2H3/t18?,19-,21-,22-/m1/s1. The predicted octanol–water partition coefficient (Wildman–Crippen LogP) is 4.91. The number of nitrogens with zero attached hydrogens (tertiary/aromatic N) is 1. The highest BCUT2D eigenvalue weighted by molar-refractivity contribution is 8.13. The Labute approximate surface area is 213 Å². The molecule has 1 heterocycles. The summed E-state index contributed by atoms with van der Waals surface area (Å²) in [5.74, 6) is -1.63. The van der Waals surface area contributed by atoms with E-state index in [1.54, 1.807) is 55.5 Å². The molecule has 0 aromatic heterocycles. The Kier molecular flexibility index (Phi) is 8.87. The van der Waals surface area contributed by atoms with Gasteiger partial charge in [-0.1, -0.05) is 54.4 Å². The number of esters is 1. The second kappa shape index (κ2) is 11.3. The third kappa shape index (κ3) is 6.43. The molecule has 1 unspecified atom stereocenters. The van der Waals surface area contributed by atoms with E-state index in [1.807, 2.05) is 0 Å². The zero-order valence-corrected chi connectivity index (χ0v) is 21.6. The van der Waals surface area contributed by atoms with Gasteiger partial charge in [-0.05, 0) is 41.8 Å². The first kappa shape index (κ1) is 26.8. The second-order valence-electron chi connectivity index (χ2n) is 7.89. The normalized spacial score (nSPS) is 21.9. The van der Waals surface area contributed by atoms with Crippen molar-refractivity contribution in [3.63, 3.8) is 0 Å². The van der Waals surface area contributed by atoms with Gasteiger partial charge in [0.1, 0.15) is 12.2 Å². The van der Waals surface area contributed by atoms with Crippen molar-refractivity contribution in [2.24, 2.45) is 0 Å². The fourth-order valence-corrected chi connectivity index (χ4v) is 5.72. The van der Waals surface area contributed by atoms with Gasteiger partial charge in [0.05, 0.1) is 25.3 Å². The first-order chi connectivity index (χ1) is 16.0. The molecule has 3 rings (SSSR count). The molecule has 1 fully saturated rings. The lowest BCUT2D eigenvalue weighted by Crippen LogP contribution is -2.56. The van der Waals surface area contributed by atoms with Crippen LogP contribution in [0.2, 0.25) is 10.0 Å². The van der Waals surface area contributed by atoms with Crippen molar-refractivity contribution >= 4 is 54.8 Å². The summed E-state index contributed by atoms with van der Waals surface area (Å²) in [5.41, 5.74) is 1.33. The Morgan fingerprint density at radius 2 is 1.79 bits per heavy atom. The van der Waals surface area contributed by atoms with Crippen molar-refractivity contribution < 1.29 is 27.5 Å². The predicted molar refractivity (Wildman–Crippen MR) is 130 cm³/mol. The van der Waals surface area contributed by atoms with E-state index in [-0.39, 0.29) is 6.42 Å². The van der Waals surface area contributed by atoms with Crippen LogP contribution in [0.25, 0.3) is 0 Å². The number of halogens is 3. The SMILES string of the molecule is CCC(CS(=O)(=O)Cl)N1C(=O)[C@@H](CC(=O)OC)O[C@H](c2cccc(Cl)c2)[C@H]1c1ccc(Cl)cc1. The topological polar surface area (TPSA) is 90.0 Å². The highest BCUT2D eigenvalue weighted by Crippen LogP contribution is 2.44. The molecule has 0 N–H and O–H groups in total. The van der Waals surface area contributed by atoms with Crippen LogP contribution in [0.15, 0.2) is 48.5 Å². The van der Waals surface area contributed by atoms with E-state index in [4.69, 9.17) is 43.4 Å². The molecule has 1 aliphatic heterocycles. The maximum absolute atomic E-state index is 13.7. The smallest absolute Gasteiger partial charge is 0.308 e. The molecule has 2 aromatic carbocycles. The lowest BCUT2D eigenvalue weighted by atomic mass is 9.89. The van der Waals surface area contributed by atoms with Crippen LogP contribution < -0.4 is 0 Å². The number of benzene rings is 2. The first-order valence-electron chi connectivity index (χ1n) is 10.5. The first-order valence-corrected chi connectivity index (χ1v) is 13.7. The van der Waals surface area contributed by atoms with Crippen LogP contribution in [0.4, 0.5) is 0 Å². The van der Waals surface area contributed by atoms with Crippen LogP contribution in [-0.4, -0.2) is 50.2 Å². The van der Waals surface area contributed by atoms with E-state index in [2.05, 4.69) is 0 Å². The van der Waals surface area contributed by atoms with Gasteiger partial charge in [-0.3, -0.25) is 9.59 Å². The number of hydrogen-bond donors (Lipinski definition) is 0. The molecule has 0 spiro atoms. The molecule has 1 aliphatic rings. The zero-order chi connectivity index (χ0) is 25.0. The Hall–Kier alpha value is -1.84. The van der Waals surface area contributed by atoms with Crippen molar-refractivity contribution in [3.8, 4) is 0 Å². The van der Waals surface area contributed by atoms with Gasteiger partial charge < -0.3 is 14.4 Å². The average Bonchev–Trinajstić information content (AvgIpc) is 2.78. The van der Waals surface area contributed by atoms with E-state index >= 15 is 0 Å². The summed E-state index contributed by atoms with van der Waals surface area (Å²) in [6, 6.07) is 12.3. The third-order valence-electron chi connectivity index (χ3n) is 5.65. The van der Waals surface area contributed by atoms with Gasteiger partial charge in [-0.15, -0.1) is 0 Å². The van der Waals surface area contributed by atoms with Crippen LogP contribution >= 0.6 is 33.9 Å². The van der Waals surface area contributed by atoms with E-state index in [1.165, 1.54) is 12.0 Å². The number of amides is 1. The Balaban J connectivity index is 2.20. The highest BCUT2D eigenvalue weighted by atomic mass is 35.7. The highest BCUT2D eigenvalue weighted by Gasteiger charge is 2.47. The summed E-state index contributed by atoms with van der Waals surface area (Å²) >= 11 is 12.3. The molecule has 1 amide bonds. The quantitative estimate of drug-likeness (QED) is 0.344. The summed E-state index contributed by atoms with van der Waals surface area (Å²) in [5, 5.41) is 0.955. The summed E-state index contributed by atoms with van der Waals surface area (Å²) in [6.07, 6.45) is -1.98. The van der Waals surface area contributed by atoms with Crippen molar-refractivity contribution in [2.45, 2.75) is 44.1 Å². The number of carbonyl (C=O) groups is 2. The molecule has 0 saturated carbocycles. The van der Waals surface area contributed by atoms with Crippen molar-refractivity contribution in [3.05, 3.63) is 69.7 Å². The molecule has 11 heteroatoms. The molecular formula is C23H24Cl3NO6S. The van der Waals surface area contributed by atoms with E-state index in [9.17, 15) is 18.0 Å². The minimum absolute atomic E-state index is 0.301. The summed E-state index contributed by atoms with van der Waals surface area (Å²) in [4.78, 5) is 27.2. The van der Waals surface area contributed by atoms with Gasteiger partial charge in [-0.2, -0.15) is 0 Å². The Morgan fingerprint density at radius 3 is 2.35 bits per heavy atom. The van der Waals surface area contributed by atoms with E-state index in [0.717, 1.165) is 0 Å². The number of carbonyl (C=O) groups excluding carboxylic acids is 2.